The molecule has 1 aliphatic carbocycles. The SMILES string of the molecule is CC1(C)CC(C)(C)CC(O)(c2cnc(N)s2)C1. The highest BCUT2D eigenvalue weighted by Gasteiger charge is 2.48. The van der Waals surface area contributed by atoms with Crippen LogP contribution in [0.2, 0.25) is 0 Å². The van der Waals surface area contributed by atoms with E-state index in [1.807, 2.05) is 0 Å². The zero-order valence-corrected chi connectivity index (χ0v) is 11.9. The molecule has 1 saturated carbocycles. The first kappa shape index (κ1) is 12.8. The number of nitrogens with zero attached hydrogens (tertiary/aromatic N) is 1. The second-order valence-electron chi connectivity index (χ2n) is 6.95. The monoisotopic (exact) mass is 254 g/mol. The Morgan fingerprint density at radius 2 is 1.71 bits per heavy atom. The summed E-state index contributed by atoms with van der Waals surface area (Å²) in [6.45, 7) is 8.90. The predicted molar refractivity (Wildman–Crippen MR) is 71.8 cm³/mol. The molecule has 0 aliphatic heterocycles. The van der Waals surface area contributed by atoms with Gasteiger partial charge in [0, 0.05) is 6.20 Å². The molecule has 1 heterocycles. The van der Waals surface area contributed by atoms with Crippen molar-refractivity contribution in [1.29, 1.82) is 0 Å². The quantitative estimate of drug-likeness (QED) is 0.809. The summed E-state index contributed by atoms with van der Waals surface area (Å²) in [6, 6.07) is 0. The first-order valence-corrected chi connectivity index (χ1v) is 6.88. The molecule has 1 aromatic heterocycles. The van der Waals surface area contributed by atoms with Crippen molar-refractivity contribution in [1.82, 2.24) is 4.98 Å². The lowest BCUT2D eigenvalue weighted by molar-refractivity contribution is -0.0890. The standard InChI is InChI=1S/C13H22N2OS/c1-11(2)6-12(3,4)8-13(16,7-11)9-5-15-10(14)17-9/h5,16H,6-8H2,1-4H3,(H2,14,15). The van der Waals surface area contributed by atoms with Crippen LogP contribution < -0.4 is 5.73 Å². The maximum Gasteiger partial charge on any atom is 0.180 e. The highest BCUT2D eigenvalue weighted by atomic mass is 32.1. The van der Waals surface area contributed by atoms with E-state index in [2.05, 4.69) is 32.7 Å². The summed E-state index contributed by atoms with van der Waals surface area (Å²) < 4.78 is 0. The lowest BCUT2D eigenvalue weighted by atomic mass is 9.59. The average Bonchev–Trinajstić information content (AvgIpc) is 2.44. The van der Waals surface area contributed by atoms with E-state index in [4.69, 9.17) is 5.73 Å². The van der Waals surface area contributed by atoms with Gasteiger partial charge in [-0.25, -0.2) is 4.98 Å². The average molecular weight is 254 g/mol. The summed E-state index contributed by atoms with van der Waals surface area (Å²) in [6.07, 6.45) is 4.43. The Morgan fingerprint density at radius 3 is 2.12 bits per heavy atom. The van der Waals surface area contributed by atoms with Gasteiger partial charge in [0.1, 0.15) is 5.60 Å². The molecule has 0 bridgehead atoms. The fourth-order valence-corrected chi connectivity index (χ4v) is 4.51. The van der Waals surface area contributed by atoms with Crippen LogP contribution in [0.25, 0.3) is 0 Å². The van der Waals surface area contributed by atoms with Gasteiger partial charge in [-0.05, 0) is 30.1 Å². The summed E-state index contributed by atoms with van der Waals surface area (Å²) >= 11 is 1.41. The van der Waals surface area contributed by atoms with Crippen molar-refractivity contribution < 1.29 is 5.11 Å². The van der Waals surface area contributed by atoms with Gasteiger partial charge in [-0.3, -0.25) is 0 Å². The second kappa shape index (κ2) is 3.69. The smallest absolute Gasteiger partial charge is 0.180 e. The zero-order valence-electron chi connectivity index (χ0n) is 11.1. The van der Waals surface area contributed by atoms with Gasteiger partial charge in [0.25, 0.3) is 0 Å². The van der Waals surface area contributed by atoms with Crippen molar-refractivity contribution in [2.45, 2.75) is 52.6 Å². The molecule has 0 radical (unpaired) electrons. The Bertz CT molecular complexity index is 407. The molecule has 96 valence electrons. The normalized spacial score (nSPS) is 25.7. The van der Waals surface area contributed by atoms with Gasteiger partial charge in [-0.15, -0.1) is 0 Å². The number of anilines is 1. The van der Waals surface area contributed by atoms with Crippen LogP contribution in [0.1, 0.15) is 51.8 Å². The van der Waals surface area contributed by atoms with Crippen LogP contribution >= 0.6 is 11.3 Å². The van der Waals surface area contributed by atoms with Crippen LogP contribution in [-0.2, 0) is 5.60 Å². The minimum atomic E-state index is -0.763. The number of rotatable bonds is 1. The summed E-state index contributed by atoms with van der Waals surface area (Å²) in [5.41, 5.74) is 5.21. The van der Waals surface area contributed by atoms with E-state index in [0.29, 0.717) is 5.13 Å². The molecule has 0 spiro atoms. The Kier molecular flexibility index (Phi) is 2.79. The summed E-state index contributed by atoms with van der Waals surface area (Å²) in [5, 5.41) is 11.5. The fourth-order valence-electron chi connectivity index (χ4n) is 3.74. The van der Waals surface area contributed by atoms with E-state index < -0.39 is 5.60 Å². The van der Waals surface area contributed by atoms with Crippen molar-refractivity contribution >= 4 is 16.5 Å². The van der Waals surface area contributed by atoms with Gasteiger partial charge in [0.15, 0.2) is 5.13 Å². The van der Waals surface area contributed by atoms with Crippen LogP contribution in [0.15, 0.2) is 6.20 Å². The van der Waals surface area contributed by atoms with Crippen molar-refractivity contribution in [2.75, 3.05) is 5.73 Å². The number of nitrogens with two attached hydrogens (primary N) is 1. The summed E-state index contributed by atoms with van der Waals surface area (Å²) in [5.74, 6) is 0. The fraction of sp³-hybridized carbons (Fsp3) is 0.769. The molecule has 4 heteroatoms. The molecule has 17 heavy (non-hydrogen) atoms. The molecule has 0 aromatic carbocycles. The largest absolute Gasteiger partial charge is 0.384 e. The van der Waals surface area contributed by atoms with E-state index >= 15 is 0 Å². The number of nitrogen functional groups attached to an aromatic ring is 1. The maximum atomic E-state index is 10.9. The zero-order chi connectivity index (χ0) is 12.9. The van der Waals surface area contributed by atoms with Crippen molar-refractivity contribution in [2.24, 2.45) is 10.8 Å². The molecular weight excluding hydrogens is 232 g/mol. The number of hydrogen-bond donors (Lipinski definition) is 2. The minimum absolute atomic E-state index is 0.148. The molecule has 1 fully saturated rings. The molecule has 3 N–H and O–H groups in total. The molecule has 0 atom stereocenters. The lowest BCUT2D eigenvalue weighted by Crippen LogP contribution is -2.43. The van der Waals surface area contributed by atoms with Crippen molar-refractivity contribution in [3.63, 3.8) is 0 Å². The molecule has 0 unspecified atom stereocenters. The third kappa shape index (κ3) is 2.63. The first-order valence-electron chi connectivity index (χ1n) is 6.06. The third-order valence-corrected chi connectivity index (χ3v) is 4.50. The molecule has 1 aliphatic rings. The van der Waals surface area contributed by atoms with Crippen LogP contribution in [0.5, 0.6) is 0 Å². The molecule has 3 nitrogen and oxygen atoms in total. The van der Waals surface area contributed by atoms with E-state index in [0.717, 1.165) is 24.1 Å². The van der Waals surface area contributed by atoms with Crippen LogP contribution in [-0.4, -0.2) is 10.1 Å². The lowest BCUT2D eigenvalue weighted by Gasteiger charge is -2.49. The van der Waals surface area contributed by atoms with Gasteiger partial charge in [-0.2, -0.15) is 0 Å². The number of hydrogen-bond acceptors (Lipinski definition) is 4. The van der Waals surface area contributed by atoms with E-state index in [1.54, 1.807) is 6.20 Å². The number of aliphatic hydroxyl groups is 1. The highest BCUT2D eigenvalue weighted by molar-refractivity contribution is 7.15. The summed E-state index contributed by atoms with van der Waals surface area (Å²) in [4.78, 5) is 4.98. The van der Waals surface area contributed by atoms with Gasteiger partial charge >= 0.3 is 0 Å². The maximum absolute atomic E-state index is 10.9. The Morgan fingerprint density at radius 1 is 1.18 bits per heavy atom. The van der Waals surface area contributed by atoms with Crippen molar-refractivity contribution in [3.8, 4) is 0 Å². The number of aromatic nitrogens is 1. The van der Waals surface area contributed by atoms with Gasteiger partial charge in [-0.1, -0.05) is 39.0 Å². The third-order valence-electron chi connectivity index (χ3n) is 3.48. The topological polar surface area (TPSA) is 59.1 Å². The summed E-state index contributed by atoms with van der Waals surface area (Å²) in [7, 11) is 0. The Labute approximate surface area is 107 Å². The highest BCUT2D eigenvalue weighted by Crippen LogP contribution is 2.54. The first-order chi connectivity index (χ1) is 7.62. The van der Waals surface area contributed by atoms with E-state index in [9.17, 15) is 5.11 Å². The van der Waals surface area contributed by atoms with Crippen LogP contribution in [0.4, 0.5) is 5.13 Å². The van der Waals surface area contributed by atoms with Gasteiger partial charge < -0.3 is 10.8 Å². The van der Waals surface area contributed by atoms with E-state index in [-0.39, 0.29) is 10.8 Å². The molecule has 0 amide bonds. The molecular formula is C13H22N2OS. The van der Waals surface area contributed by atoms with E-state index in [1.165, 1.54) is 11.3 Å². The number of thiazole rings is 1. The minimum Gasteiger partial charge on any atom is -0.384 e. The van der Waals surface area contributed by atoms with Crippen molar-refractivity contribution in [3.05, 3.63) is 11.1 Å². The predicted octanol–water partition coefficient (Wildman–Crippen LogP) is 3.15. The molecule has 0 saturated heterocycles. The van der Waals surface area contributed by atoms with Gasteiger partial charge in [0.05, 0.1) is 4.88 Å². The van der Waals surface area contributed by atoms with Crippen LogP contribution in [0, 0.1) is 10.8 Å². The van der Waals surface area contributed by atoms with Crippen LogP contribution in [0.3, 0.4) is 0 Å². The van der Waals surface area contributed by atoms with Gasteiger partial charge in [0.2, 0.25) is 0 Å². The molecule has 1 aromatic rings. The Balaban J connectivity index is 2.36. The Hall–Kier alpha value is -0.610. The second-order valence-corrected chi connectivity index (χ2v) is 8.02. The molecule has 2 rings (SSSR count).